The number of carbonyl (C=O) groups is 2. The van der Waals surface area contributed by atoms with Gasteiger partial charge in [0, 0.05) is 0 Å². The van der Waals surface area contributed by atoms with Crippen molar-refractivity contribution in [3.63, 3.8) is 0 Å². The second-order valence-electron chi connectivity index (χ2n) is 7.47. The summed E-state index contributed by atoms with van der Waals surface area (Å²) in [5, 5.41) is 9.86. The van der Waals surface area contributed by atoms with Crippen LogP contribution in [0.3, 0.4) is 0 Å². The summed E-state index contributed by atoms with van der Waals surface area (Å²) < 4.78 is 5.25. The van der Waals surface area contributed by atoms with E-state index in [9.17, 15) is 14.7 Å². The molecule has 1 unspecified atom stereocenters. The van der Waals surface area contributed by atoms with Crippen molar-refractivity contribution in [1.29, 1.82) is 0 Å². The molecule has 0 spiro atoms. The quantitative estimate of drug-likeness (QED) is 0.265. The first-order chi connectivity index (χ1) is 12.5. The Morgan fingerprint density at radius 1 is 1.00 bits per heavy atom. The van der Waals surface area contributed by atoms with Gasteiger partial charge < -0.3 is 9.84 Å². The Hall–Kier alpha value is -1.58. The smallest absolute Gasteiger partial charge is 0.317 e. The van der Waals surface area contributed by atoms with E-state index in [-0.39, 0.29) is 5.97 Å². The maximum Gasteiger partial charge on any atom is 0.317 e. The lowest BCUT2D eigenvalue weighted by molar-refractivity contribution is -0.147. The van der Waals surface area contributed by atoms with Crippen LogP contribution < -0.4 is 0 Å². The van der Waals surface area contributed by atoms with Crippen LogP contribution in [-0.2, 0) is 14.3 Å². The molecule has 0 aromatic rings. The Bertz CT molecular complexity index is 478. The largest absolute Gasteiger partial charge is 0.480 e. The highest BCUT2D eigenvalue weighted by Gasteiger charge is 2.38. The van der Waals surface area contributed by atoms with Crippen LogP contribution in [0.1, 0.15) is 78.6 Å². The number of rotatable bonds is 13. The number of hydrogen-bond acceptors (Lipinski definition) is 3. The van der Waals surface area contributed by atoms with Crippen LogP contribution in [0.2, 0.25) is 0 Å². The molecule has 0 aromatic carbocycles. The van der Waals surface area contributed by atoms with Gasteiger partial charge in [0.05, 0.1) is 12.5 Å². The lowest BCUT2D eigenvalue weighted by Gasteiger charge is -2.30. The van der Waals surface area contributed by atoms with Gasteiger partial charge in [0.2, 0.25) is 0 Å². The lowest BCUT2D eigenvalue weighted by atomic mass is 9.73. The molecule has 0 fully saturated rings. The summed E-state index contributed by atoms with van der Waals surface area (Å²) in [5.74, 6) is -1.20. The van der Waals surface area contributed by atoms with Crippen LogP contribution in [0.15, 0.2) is 24.3 Å². The van der Waals surface area contributed by atoms with Gasteiger partial charge in [-0.1, -0.05) is 90.0 Å². The summed E-state index contributed by atoms with van der Waals surface area (Å²) in [7, 11) is 0. The lowest BCUT2D eigenvalue weighted by Crippen LogP contribution is -2.32. The standard InChI is InChI=1S/C22H36O4/c1-4-7-9-11-18(10-6-3)17-22(21(24)25)14-12-19(13-15-22)20(23)26-16-8-5-2/h12-15,18-19H,4-11,16-17H2,1-3H3,(H,24,25). The van der Waals surface area contributed by atoms with Crippen molar-refractivity contribution in [2.45, 2.75) is 78.6 Å². The summed E-state index contributed by atoms with van der Waals surface area (Å²) >= 11 is 0. The van der Waals surface area contributed by atoms with Crippen molar-refractivity contribution in [3.8, 4) is 0 Å². The van der Waals surface area contributed by atoms with E-state index >= 15 is 0 Å². The highest BCUT2D eigenvalue weighted by atomic mass is 16.5. The van der Waals surface area contributed by atoms with Crippen molar-refractivity contribution in [3.05, 3.63) is 24.3 Å². The number of aliphatic carboxylic acids is 1. The van der Waals surface area contributed by atoms with Gasteiger partial charge in [-0.2, -0.15) is 0 Å². The second-order valence-corrected chi connectivity index (χ2v) is 7.47. The van der Waals surface area contributed by atoms with Crippen LogP contribution in [0.5, 0.6) is 0 Å². The number of hydrogen-bond donors (Lipinski definition) is 1. The average Bonchev–Trinajstić information content (AvgIpc) is 2.62. The normalized spacial score (nSPS) is 23.0. The Morgan fingerprint density at radius 2 is 1.65 bits per heavy atom. The minimum absolute atomic E-state index is 0.294. The minimum atomic E-state index is -0.994. The second kappa shape index (κ2) is 11.9. The summed E-state index contributed by atoms with van der Waals surface area (Å²) in [6.07, 6.45) is 15.9. The summed E-state index contributed by atoms with van der Waals surface area (Å²) in [6, 6.07) is 0. The molecule has 148 valence electrons. The SMILES string of the molecule is CCCCCC(CCC)CC1(C(=O)O)C=CC(C(=O)OCCCC)C=C1. The number of ether oxygens (including phenoxy) is 1. The van der Waals surface area contributed by atoms with Crippen molar-refractivity contribution < 1.29 is 19.4 Å². The van der Waals surface area contributed by atoms with Crippen LogP contribution in [0, 0.1) is 17.3 Å². The third-order valence-electron chi connectivity index (χ3n) is 5.15. The maximum absolute atomic E-state index is 12.1. The fourth-order valence-corrected chi connectivity index (χ4v) is 3.52. The first-order valence-electron chi connectivity index (χ1n) is 10.3. The molecule has 1 rings (SSSR count). The molecular weight excluding hydrogens is 328 g/mol. The van der Waals surface area contributed by atoms with Gasteiger partial charge in [-0.25, -0.2) is 0 Å². The molecule has 0 heterocycles. The molecule has 26 heavy (non-hydrogen) atoms. The third-order valence-corrected chi connectivity index (χ3v) is 5.15. The zero-order chi connectivity index (χ0) is 19.4. The van der Waals surface area contributed by atoms with E-state index in [0.29, 0.717) is 18.9 Å². The molecule has 1 aliphatic rings. The predicted molar refractivity (Wildman–Crippen MR) is 105 cm³/mol. The zero-order valence-corrected chi connectivity index (χ0v) is 16.7. The van der Waals surface area contributed by atoms with Gasteiger partial charge in [-0.3, -0.25) is 9.59 Å². The Kier molecular flexibility index (Phi) is 10.3. The van der Waals surface area contributed by atoms with Crippen molar-refractivity contribution in [1.82, 2.24) is 0 Å². The topological polar surface area (TPSA) is 63.6 Å². The molecule has 0 aliphatic heterocycles. The van der Waals surface area contributed by atoms with Crippen LogP contribution in [0.25, 0.3) is 0 Å². The van der Waals surface area contributed by atoms with Gasteiger partial charge in [-0.05, 0) is 18.8 Å². The van der Waals surface area contributed by atoms with Gasteiger partial charge in [-0.15, -0.1) is 0 Å². The monoisotopic (exact) mass is 364 g/mol. The minimum Gasteiger partial charge on any atom is -0.480 e. The molecule has 1 atom stereocenters. The fraction of sp³-hybridized carbons (Fsp3) is 0.727. The Balaban J connectivity index is 2.75. The summed E-state index contributed by atoms with van der Waals surface area (Å²) in [5.41, 5.74) is -0.994. The molecule has 0 saturated carbocycles. The molecule has 0 saturated heterocycles. The van der Waals surface area contributed by atoms with E-state index in [4.69, 9.17) is 4.74 Å². The predicted octanol–water partition coefficient (Wildman–Crippen LogP) is 5.53. The van der Waals surface area contributed by atoms with E-state index < -0.39 is 17.3 Å². The van der Waals surface area contributed by atoms with Crippen LogP contribution in [0.4, 0.5) is 0 Å². The average molecular weight is 365 g/mol. The molecule has 0 bridgehead atoms. The van der Waals surface area contributed by atoms with Gasteiger partial charge in [0.15, 0.2) is 0 Å². The zero-order valence-electron chi connectivity index (χ0n) is 16.7. The number of esters is 1. The highest BCUT2D eigenvalue weighted by molar-refractivity contribution is 5.83. The Labute approximate surface area is 158 Å². The van der Waals surface area contributed by atoms with E-state index in [0.717, 1.165) is 38.5 Å². The molecule has 0 amide bonds. The van der Waals surface area contributed by atoms with Gasteiger partial charge >= 0.3 is 11.9 Å². The van der Waals surface area contributed by atoms with Gasteiger partial charge in [0.25, 0.3) is 0 Å². The first kappa shape index (κ1) is 22.5. The van der Waals surface area contributed by atoms with E-state index in [2.05, 4.69) is 13.8 Å². The van der Waals surface area contributed by atoms with Gasteiger partial charge in [0.1, 0.15) is 5.41 Å². The van der Waals surface area contributed by atoms with Crippen LogP contribution in [-0.4, -0.2) is 23.7 Å². The molecule has 0 aromatic heterocycles. The number of carboxylic acids is 1. The third kappa shape index (κ3) is 6.97. The molecule has 4 nitrogen and oxygen atoms in total. The number of carbonyl (C=O) groups excluding carboxylic acids is 1. The maximum atomic E-state index is 12.1. The van der Waals surface area contributed by atoms with E-state index in [1.54, 1.807) is 24.3 Å². The van der Waals surface area contributed by atoms with Crippen LogP contribution >= 0.6 is 0 Å². The van der Waals surface area contributed by atoms with E-state index in [1.165, 1.54) is 12.8 Å². The Morgan fingerprint density at radius 3 is 2.19 bits per heavy atom. The molecule has 4 heteroatoms. The molecular formula is C22H36O4. The van der Waals surface area contributed by atoms with Crippen molar-refractivity contribution in [2.75, 3.05) is 6.61 Å². The first-order valence-corrected chi connectivity index (χ1v) is 10.3. The number of unbranched alkanes of at least 4 members (excludes halogenated alkanes) is 3. The molecule has 1 aliphatic carbocycles. The number of carboxylic acid groups (broad SMARTS) is 1. The summed E-state index contributed by atoms with van der Waals surface area (Å²) in [6.45, 7) is 6.80. The molecule has 1 N–H and O–H groups in total. The van der Waals surface area contributed by atoms with Crippen molar-refractivity contribution >= 4 is 11.9 Å². The van der Waals surface area contributed by atoms with Crippen molar-refractivity contribution in [2.24, 2.45) is 17.3 Å². The molecule has 0 radical (unpaired) electrons. The summed E-state index contributed by atoms with van der Waals surface area (Å²) in [4.78, 5) is 24.1. The van der Waals surface area contributed by atoms with E-state index in [1.807, 2.05) is 6.92 Å². The fourth-order valence-electron chi connectivity index (χ4n) is 3.52. The highest BCUT2D eigenvalue weighted by Crippen LogP contribution is 2.38.